The first-order valence-electron chi connectivity index (χ1n) is 9.28. The summed E-state index contributed by atoms with van der Waals surface area (Å²) in [5.41, 5.74) is 0.843. The molecule has 2 fully saturated rings. The Morgan fingerprint density at radius 2 is 1.80 bits per heavy atom. The number of nitrogens with one attached hydrogen (secondary N) is 1. The minimum absolute atomic E-state index is 0.0827. The average molecular weight is 365 g/mol. The summed E-state index contributed by atoms with van der Waals surface area (Å²) in [7, 11) is -3.46. The van der Waals surface area contributed by atoms with Crippen molar-refractivity contribution in [1.29, 1.82) is 0 Å². The zero-order chi connectivity index (χ0) is 17.9. The van der Waals surface area contributed by atoms with Crippen LogP contribution >= 0.6 is 0 Å². The number of benzene rings is 1. The van der Waals surface area contributed by atoms with Gasteiger partial charge in [-0.05, 0) is 49.8 Å². The van der Waals surface area contributed by atoms with Crippen LogP contribution in [0.1, 0.15) is 63.4 Å². The van der Waals surface area contributed by atoms with Crippen molar-refractivity contribution in [1.82, 2.24) is 4.72 Å². The number of ether oxygens (including phenoxy) is 1. The van der Waals surface area contributed by atoms with Crippen molar-refractivity contribution < 1.29 is 17.9 Å². The van der Waals surface area contributed by atoms with E-state index in [1.165, 1.54) is 12.8 Å². The third-order valence-corrected chi connectivity index (χ3v) is 6.64. The summed E-state index contributed by atoms with van der Waals surface area (Å²) in [4.78, 5) is 12.7. The van der Waals surface area contributed by atoms with Gasteiger partial charge in [0.15, 0.2) is 0 Å². The van der Waals surface area contributed by atoms with Gasteiger partial charge in [-0.25, -0.2) is 13.1 Å². The van der Waals surface area contributed by atoms with Crippen molar-refractivity contribution in [3.05, 3.63) is 29.8 Å². The Morgan fingerprint density at radius 3 is 2.36 bits per heavy atom. The molecule has 0 amide bonds. The van der Waals surface area contributed by atoms with Gasteiger partial charge in [0.25, 0.3) is 0 Å². The molecule has 1 N–H and O–H groups in total. The average Bonchev–Trinajstić information content (AvgIpc) is 3.23. The van der Waals surface area contributed by atoms with E-state index in [1.54, 1.807) is 24.3 Å². The number of carbonyl (C=O) groups excluding carboxylic acids is 1. The molecule has 3 rings (SSSR count). The lowest BCUT2D eigenvalue weighted by molar-refractivity contribution is -0.145. The van der Waals surface area contributed by atoms with E-state index in [1.807, 2.05) is 6.92 Å². The van der Waals surface area contributed by atoms with Gasteiger partial charge in [0.1, 0.15) is 0 Å². The van der Waals surface area contributed by atoms with Gasteiger partial charge < -0.3 is 4.74 Å². The van der Waals surface area contributed by atoms with Crippen molar-refractivity contribution in [3.63, 3.8) is 0 Å². The first-order chi connectivity index (χ1) is 12.0. The van der Waals surface area contributed by atoms with E-state index in [9.17, 15) is 13.2 Å². The topological polar surface area (TPSA) is 72.5 Å². The molecule has 6 heteroatoms. The molecule has 0 heterocycles. The van der Waals surface area contributed by atoms with Crippen LogP contribution in [0, 0.1) is 5.92 Å². The first-order valence-corrected chi connectivity index (χ1v) is 10.8. The third-order valence-electron chi connectivity index (χ3n) is 5.11. The molecule has 2 saturated carbocycles. The van der Waals surface area contributed by atoms with Gasteiger partial charge in [-0.3, -0.25) is 4.79 Å². The molecular weight excluding hydrogens is 338 g/mol. The maximum atomic E-state index is 12.4. The summed E-state index contributed by atoms with van der Waals surface area (Å²) in [6, 6.07) is 6.80. The van der Waals surface area contributed by atoms with Crippen molar-refractivity contribution in [2.75, 3.05) is 6.61 Å². The number of esters is 1. The Balaban J connectivity index is 1.76. The zero-order valence-electron chi connectivity index (χ0n) is 14.7. The fourth-order valence-corrected chi connectivity index (χ4v) is 4.86. The van der Waals surface area contributed by atoms with Gasteiger partial charge in [-0.1, -0.05) is 37.8 Å². The molecule has 0 spiro atoms. The maximum absolute atomic E-state index is 12.4. The molecule has 0 saturated heterocycles. The highest BCUT2D eigenvalue weighted by atomic mass is 32.2. The van der Waals surface area contributed by atoms with E-state index >= 15 is 0 Å². The summed E-state index contributed by atoms with van der Waals surface area (Å²) < 4.78 is 32.5. The van der Waals surface area contributed by atoms with Crippen LogP contribution in [0.5, 0.6) is 0 Å². The highest BCUT2D eigenvalue weighted by molar-refractivity contribution is 7.89. The minimum atomic E-state index is -3.46. The molecule has 5 nitrogen and oxygen atoms in total. The van der Waals surface area contributed by atoms with E-state index in [-0.39, 0.29) is 22.8 Å². The lowest BCUT2D eigenvalue weighted by Crippen LogP contribution is -2.25. The summed E-state index contributed by atoms with van der Waals surface area (Å²) >= 11 is 0. The Morgan fingerprint density at radius 1 is 1.16 bits per heavy atom. The number of hydrogen-bond donors (Lipinski definition) is 1. The Bertz CT molecular complexity index is 689. The lowest BCUT2D eigenvalue weighted by atomic mass is 9.88. The fraction of sp³-hybridized carbons (Fsp3) is 0.632. The maximum Gasteiger partial charge on any atom is 0.313 e. The van der Waals surface area contributed by atoms with E-state index in [0.29, 0.717) is 12.5 Å². The van der Waals surface area contributed by atoms with Gasteiger partial charge in [0.2, 0.25) is 10.0 Å². The summed E-state index contributed by atoms with van der Waals surface area (Å²) in [6.07, 6.45) is 7.37. The molecule has 0 aliphatic heterocycles. The molecule has 138 valence electrons. The summed E-state index contributed by atoms with van der Waals surface area (Å²) in [5, 5.41) is 0. The monoisotopic (exact) mass is 365 g/mol. The number of hydrogen-bond acceptors (Lipinski definition) is 4. The van der Waals surface area contributed by atoms with E-state index in [4.69, 9.17) is 4.74 Å². The van der Waals surface area contributed by atoms with E-state index in [0.717, 1.165) is 37.7 Å². The van der Waals surface area contributed by atoms with Gasteiger partial charge in [0, 0.05) is 6.04 Å². The Hall–Kier alpha value is -1.40. The molecule has 1 aromatic carbocycles. The van der Waals surface area contributed by atoms with Crippen LogP contribution in [0.15, 0.2) is 29.2 Å². The second-order valence-electron chi connectivity index (χ2n) is 7.16. The Kier molecular flexibility index (Phi) is 5.79. The quantitative estimate of drug-likeness (QED) is 0.717. The predicted molar refractivity (Wildman–Crippen MR) is 95.7 cm³/mol. The van der Waals surface area contributed by atoms with Gasteiger partial charge >= 0.3 is 5.97 Å². The van der Waals surface area contributed by atoms with Gasteiger partial charge in [-0.2, -0.15) is 0 Å². The van der Waals surface area contributed by atoms with Crippen LogP contribution in [0.25, 0.3) is 0 Å². The molecule has 1 aromatic rings. The summed E-state index contributed by atoms with van der Waals surface area (Å²) in [6.45, 7) is 2.17. The van der Waals surface area contributed by atoms with E-state index < -0.39 is 10.0 Å². The predicted octanol–water partition coefficient (Wildman–Crippen LogP) is 3.35. The van der Waals surface area contributed by atoms with Crippen LogP contribution in [-0.4, -0.2) is 27.0 Å². The number of carbonyl (C=O) groups is 1. The number of rotatable bonds is 8. The van der Waals surface area contributed by atoms with Gasteiger partial charge in [-0.15, -0.1) is 0 Å². The van der Waals surface area contributed by atoms with Crippen LogP contribution in [0.3, 0.4) is 0 Å². The molecule has 1 unspecified atom stereocenters. The van der Waals surface area contributed by atoms with Crippen LogP contribution in [0.4, 0.5) is 0 Å². The fourth-order valence-electron chi connectivity index (χ4n) is 3.56. The minimum Gasteiger partial charge on any atom is -0.466 e. The van der Waals surface area contributed by atoms with Crippen molar-refractivity contribution in [2.24, 2.45) is 5.92 Å². The van der Waals surface area contributed by atoms with Crippen LogP contribution in [-0.2, 0) is 19.6 Å². The second kappa shape index (κ2) is 7.87. The molecule has 25 heavy (non-hydrogen) atoms. The second-order valence-corrected chi connectivity index (χ2v) is 8.87. The van der Waals surface area contributed by atoms with Crippen molar-refractivity contribution in [3.8, 4) is 0 Å². The molecular formula is C19H27NO4S. The van der Waals surface area contributed by atoms with Crippen molar-refractivity contribution >= 4 is 16.0 Å². The standard InChI is InChI=1S/C19H27NO4S/c1-2-24-19(21)18(13-14-5-3-4-6-14)15-7-11-17(12-8-15)25(22,23)20-16-9-10-16/h7-8,11-12,14,16,18,20H,2-6,9-10,13H2,1H3. The molecule has 2 aliphatic carbocycles. The van der Waals surface area contributed by atoms with Crippen LogP contribution in [0.2, 0.25) is 0 Å². The third kappa shape index (κ3) is 4.82. The normalized spacial score (nSPS) is 19.7. The smallest absolute Gasteiger partial charge is 0.313 e. The molecule has 2 aliphatic rings. The highest BCUT2D eigenvalue weighted by Gasteiger charge is 2.30. The van der Waals surface area contributed by atoms with Crippen molar-refractivity contribution in [2.45, 2.75) is 68.7 Å². The SMILES string of the molecule is CCOC(=O)C(CC1CCCC1)c1ccc(S(=O)(=O)NC2CC2)cc1. The van der Waals surface area contributed by atoms with Crippen LogP contribution < -0.4 is 4.72 Å². The highest BCUT2D eigenvalue weighted by Crippen LogP contribution is 2.35. The zero-order valence-corrected chi connectivity index (χ0v) is 15.6. The number of sulfonamides is 1. The molecule has 0 radical (unpaired) electrons. The lowest BCUT2D eigenvalue weighted by Gasteiger charge is -2.20. The molecule has 1 atom stereocenters. The largest absolute Gasteiger partial charge is 0.466 e. The molecule has 0 aromatic heterocycles. The van der Waals surface area contributed by atoms with E-state index in [2.05, 4.69) is 4.72 Å². The molecule has 0 bridgehead atoms. The Labute approximate surface area is 150 Å². The van der Waals surface area contributed by atoms with Gasteiger partial charge in [0.05, 0.1) is 17.4 Å². The summed E-state index contributed by atoms with van der Waals surface area (Å²) in [5.74, 6) is 0.0339. The first kappa shape index (κ1) is 18.4.